The Bertz CT molecular complexity index is 740. The first-order valence-corrected chi connectivity index (χ1v) is 6.66. The highest BCUT2D eigenvalue weighted by Crippen LogP contribution is 2.24. The number of aryl methyl sites for hydroxylation is 1. The molecule has 100 valence electrons. The molecule has 4 nitrogen and oxygen atoms in total. The van der Waals surface area contributed by atoms with Gasteiger partial charge >= 0.3 is 0 Å². The normalized spacial score (nSPS) is 10.7. The van der Waals surface area contributed by atoms with Crippen LogP contribution in [0.15, 0.2) is 42.9 Å². The van der Waals surface area contributed by atoms with E-state index in [0.29, 0.717) is 11.6 Å². The second kappa shape index (κ2) is 5.43. The van der Waals surface area contributed by atoms with Crippen molar-refractivity contribution < 1.29 is 0 Å². The fraction of sp³-hybridized carbons (Fsp3) is 0.133. The van der Waals surface area contributed by atoms with Crippen LogP contribution in [0, 0.1) is 6.92 Å². The molecule has 2 heterocycles. The minimum atomic E-state index is 0.620. The molecule has 1 N–H and O–H groups in total. The van der Waals surface area contributed by atoms with Crippen molar-refractivity contribution in [3.8, 4) is 0 Å². The summed E-state index contributed by atoms with van der Waals surface area (Å²) in [6.07, 6.45) is 5.31. The fourth-order valence-corrected chi connectivity index (χ4v) is 2.14. The molecule has 3 rings (SSSR count). The van der Waals surface area contributed by atoms with E-state index in [9.17, 15) is 0 Å². The lowest BCUT2D eigenvalue weighted by Gasteiger charge is -2.09. The molecule has 0 aliphatic rings. The smallest absolute Gasteiger partial charge is 0.0777 e. The Balaban J connectivity index is 1.85. The summed E-state index contributed by atoms with van der Waals surface area (Å²) >= 11 is 5.98. The summed E-state index contributed by atoms with van der Waals surface area (Å²) in [6, 6.07) is 7.63. The quantitative estimate of drug-likeness (QED) is 0.798. The summed E-state index contributed by atoms with van der Waals surface area (Å²) in [5.74, 6) is 0. The molecule has 3 aromatic rings. The molecule has 0 amide bonds. The highest BCUT2D eigenvalue weighted by Gasteiger charge is 2.03. The van der Waals surface area contributed by atoms with Gasteiger partial charge in [-0.2, -0.15) is 0 Å². The minimum absolute atomic E-state index is 0.620. The average molecular weight is 285 g/mol. The van der Waals surface area contributed by atoms with E-state index < -0.39 is 0 Å². The van der Waals surface area contributed by atoms with Gasteiger partial charge in [0.25, 0.3) is 0 Å². The van der Waals surface area contributed by atoms with Crippen molar-refractivity contribution in [3.63, 3.8) is 0 Å². The van der Waals surface area contributed by atoms with Gasteiger partial charge in [0, 0.05) is 28.5 Å². The summed E-state index contributed by atoms with van der Waals surface area (Å²) in [7, 11) is 0. The van der Waals surface area contributed by atoms with Crippen LogP contribution in [0.4, 0.5) is 5.69 Å². The molecule has 5 heteroatoms. The lowest BCUT2D eigenvalue weighted by molar-refractivity contribution is 0.985. The predicted molar refractivity (Wildman–Crippen MR) is 80.8 cm³/mol. The monoisotopic (exact) mass is 284 g/mol. The van der Waals surface area contributed by atoms with Gasteiger partial charge in [-0.05, 0) is 31.2 Å². The van der Waals surface area contributed by atoms with Crippen molar-refractivity contribution in [2.75, 3.05) is 5.32 Å². The zero-order chi connectivity index (χ0) is 13.9. The second-order valence-corrected chi connectivity index (χ2v) is 4.96. The van der Waals surface area contributed by atoms with Gasteiger partial charge in [-0.1, -0.05) is 11.6 Å². The first-order valence-electron chi connectivity index (χ1n) is 6.28. The van der Waals surface area contributed by atoms with Crippen molar-refractivity contribution >= 4 is 28.2 Å². The molecule has 0 fully saturated rings. The maximum Gasteiger partial charge on any atom is 0.0777 e. The van der Waals surface area contributed by atoms with E-state index in [-0.39, 0.29) is 0 Å². The van der Waals surface area contributed by atoms with Crippen molar-refractivity contribution in [1.82, 2.24) is 15.0 Å². The Morgan fingerprint density at radius 2 is 2.00 bits per heavy atom. The van der Waals surface area contributed by atoms with Gasteiger partial charge in [-0.3, -0.25) is 15.0 Å². The van der Waals surface area contributed by atoms with Crippen LogP contribution in [-0.4, -0.2) is 15.0 Å². The van der Waals surface area contributed by atoms with Gasteiger partial charge in [0.15, 0.2) is 0 Å². The zero-order valence-electron chi connectivity index (χ0n) is 11.0. The Kier molecular flexibility index (Phi) is 3.48. The lowest BCUT2D eigenvalue weighted by atomic mass is 10.2. The lowest BCUT2D eigenvalue weighted by Crippen LogP contribution is -2.03. The number of nitrogens with one attached hydrogen (secondary N) is 1. The van der Waals surface area contributed by atoms with Gasteiger partial charge in [0.2, 0.25) is 0 Å². The van der Waals surface area contributed by atoms with Crippen LogP contribution in [0.25, 0.3) is 10.9 Å². The number of nitrogens with zero attached hydrogens (tertiary/aromatic N) is 3. The van der Waals surface area contributed by atoms with Crippen molar-refractivity contribution in [1.29, 1.82) is 0 Å². The molecular formula is C15H13ClN4. The molecule has 0 aliphatic heterocycles. The Morgan fingerprint density at radius 1 is 1.10 bits per heavy atom. The molecule has 0 unspecified atom stereocenters. The summed E-state index contributed by atoms with van der Waals surface area (Å²) in [6.45, 7) is 2.54. The number of halogens is 1. The molecule has 0 aliphatic carbocycles. The first-order chi connectivity index (χ1) is 9.72. The SMILES string of the molecule is Cc1cnc(CNc2ccnc3cc(Cl)ccc23)cn1. The van der Waals surface area contributed by atoms with Gasteiger partial charge in [-0.25, -0.2) is 0 Å². The Morgan fingerprint density at radius 3 is 2.80 bits per heavy atom. The Hall–Kier alpha value is -2.20. The number of anilines is 1. The third kappa shape index (κ3) is 2.70. The van der Waals surface area contributed by atoms with Gasteiger partial charge < -0.3 is 5.32 Å². The number of pyridine rings is 1. The number of rotatable bonds is 3. The van der Waals surface area contributed by atoms with E-state index in [0.717, 1.165) is 28.0 Å². The van der Waals surface area contributed by atoms with E-state index >= 15 is 0 Å². The van der Waals surface area contributed by atoms with E-state index in [1.807, 2.05) is 31.2 Å². The van der Waals surface area contributed by atoms with Crippen molar-refractivity contribution in [3.05, 3.63) is 59.3 Å². The van der Waals surface area contributed by atoms with Crippen LogP contribution in [0.3, 0.4) is 0 Å². The molecule has 0 bridgehead atoms. The third-order valence-corrected chi connectivity index (χ3v) is 3.23. The van der Waals surface area contributed by atoms with Crippen LogP contribution in [0.5, 0.6) is 0 Å². The maximum atomic E-state index is 5.98. The van der Waals surface area contributed by atoms with Crippen LogP contribution in [-0.2, 0) is 6.54 Å². The van der Waals surface area contributed by atoms with Gasteiger partial charge in [0.05, 0.1) is 29.6 Å². The molecule has 0 radical (unpaired) electrons. The molecule has 0 atom stereocenters. The number of hydrogen-bond donors (Lipinski definition) is 1. The number of benzene rings is 1. The molecule has 0 saturated heterocycles. The summed E-state index contributed by atoms with van der Waals surface area (Å²) in [4.78, 5) is 12.9. The standard InChI is InChI=1S/C15H13ClN4/c1-10-7-19-12(8-18-10)9-20-14-4-5-17-15-6-11(16)2-3-13(14)15/h2-8H,9H2,1H3,(H,17,20). The molecule has 0 spiro atoms. The fourth-order valence-electron chi connectivity index (χ4n) is 1.97. The van der Waals surface area contributed by atoms with Crippen LogP contribution < -0.4 is 5.32 Å². The predicted octanol–water partition coefficient (Wildman–Crippen LogP) is 3.60. The van der Waals surface area contributed by atoms with Gasteiger partial charge in [0.1, 0.15) is 0 Å². The summed E-state index contributed by atoms with van der Waals surface area (Å²) < 4.78 is 0. The first kappa shape index (κ1) is 12.8. The summed E-state index contributed by atoms with van der Waals surface area (Å²) in [5, 5.41) is 5.08. The van der Waals surface area contributed by atoms with Crippen LogP contribution in [0.1, 0.15) is 11.4 Å². The molecule has 2 aromatic heterocycles. The highest BCUT2D eigenvalue weighted by atomic mass is 35.5. The second-order valence-electron chi connectivity index (χ2n) is 4.52. The third-order valence-electron chi connectivity index (χ3n) is 3.00. The van der Waals surface area contributed by atoms with Crippen molar-refractivity contribution in [2.45, 2.75) is 13.5 Å². The van der Waals surface area contributed by atoms with Crippen molar-refractivity contribution in [2.24, 2.45) is 0 Å². The minimum Gasteiger partial charge on any atom is -0.379 e. The number of fused-ring (bicyclic) bond motifs is 1. The topological polar surface area (TPSA) is 50.7 Å². The molecular weight excluding hydrogens is 272 g/mol. The molecule has 20 heavy (non-hydrogen) atoms. The highest BCUT2D eigenvalue weighted by molar-refractivity contribution is 6.31. The molecule has 0 saturated carbocycles. The van der Waals surface area contributed by atoms with E-state index in [1.165, 1.54) is 0 Å². The molecule has 1 aromatic carbocycles. The number of hydrogen-bond acceptors (Lipinski definition) is 4. The summed E-state index contributed by atoms with van der Waals surface area (Å²) in [5.41, 5.74) is 3.69. The largest absolute Gasteiger partial charge is 0.379 e. The maximum absolute atomic E-state index is 5.98. The van der Waals surface area contributed by atoms with Gasteiger partial charge in [-0.15, -0.1) is 0 Å². The van der Waals surface area contributed by atoms with E-state index in [2.05, 4.69) is 20.3 Å². The van der Waals surface area contributed by atoms with E-state index in [1.54, 1.807) is 18.6 Å². The Labute approximate surface area is 121 Å². The zero-order valence-corrected chi connectivity index (χ0v) is 11.7. The average Bonchev–Trinajstić information content (AvgIpc) is 2.46. The van der Waals surface area contributed by atoms with Crippen LogP contribution >= 0.6 is 11.6 Å². The number of aromatic nitrogens is 3. The van der Waals surface area contributed by atoms with E-state index in [4.69, 9.17) is 11.6 Å². The van der Waals surface area contributed by atoms with Crippen LogP contribution in [0.2, 0.25) is 5.02 Å².